The fourth-order valence-electron chi connectivity index (χ4n) is 3.94. The number of halogens is 1. The van der Waals surface area contributed by atoms with Crippen LogP contribution in [0.15, 0.2) is 41.3 Å². The molecule has 1 fully saturated rings. The fourth-order valence-corrected chi connectivity index (χ4v) is 3.94. The Morgan fingerprint density at radius 3 is 2.63 bits per heavy atom. The number of carbonyl (C=O) groups excluding carboxylic acids is 2. The third kappa shape index (κ3) is 6.21. The molecule has 11 nitrogen and oxygen atoms in total. The maximum atomic E-state index is 14.0. The Morgan fingerprint density at radius 2 is 2.03 bits per heavy atom. The summed E-state index contributed by atoms with van der Waals surface area (Å²) in [6, 6.07) is 7.92. The van der Waals surface area contributed by atoms with Crippen molar-refractivity contribution < 1.29 is 28.6 Å². The van der Waals surface area contributed by atoms with Gasteiger partial charge in [0.25, 0.3) is 0 Å². The maximum Gasteiger partial charge on any atom is 0.408 e. The average Bonchev–Trinajstić information content (AvgIpc) is 3.12. The highest BCUT2D eigenvalue weighted by Gasteiger charge is 2.50. The first-order valence-electron chi connectivity index (χ1n) is 11.0. The van der Waals surface area contributed by atoms with Gasteiger partial charge in [0.05, 0.1) is 30.9 Å². The first-order chi connectivity index (χ1) is 16.3. The fraction of sp³-hybridized carbons (Fsp3) is 0.478. The minimum Gasteiger partial charge on any atom is -0.444 e. The van der Waals surface area contributed by atoms with Crippen LogP contribution in [-0.4, -0.2) is 50.9 Å². The van der Waals surface area contributed by atoms with Crippen LogP contribution in [0.4, 0.5) is 15.0 Å². The van der Waals surface area contributed by atoms with E-state index in [2.05, 4.69) is 10.3 Å². The van der Waals surface area contributed by atoms with Gasteiger partial charge in [-0.25, -0.2) is 14.0 Å². The lowest BCUT2D eigenvalue weighted by atomic mass is 9.88. The lowest BCUT2D eigenvalue weighted by Gasteiger charge is -2.26. The Morgan fingerprint density at radius 1 is 1.37 bits per heavy atom. The van der Waals surface area contributed by atoms with Crippen molar-refractivity contribution >= 4 is 17.7 Å². The number of ketones is 1. The van der Waals surface area contributed by atoms with Gasteiger partial charge in [0.1, 0.15) is 5.60 Å². The third-order valence-electron chi connectivity index (χ3n) is 5.50. The van der Waals surface area contributed by atoms with Crippen molar-refractivity contribution in [1.82, 2.24) is 14.9 Å². The second-order valence-electron chi connectivity index (χ2n) is 9.41. The van der Waals surface area contributed by atoms with Crippen LogP contribution in [0.3, 0.4) is 0 Å². The van der Waals surface area contributed by atoms with Gasteiger partial charge in [-0.3, -0.25) is 15.1 Å². The lowest BCUT2D eigenvalue weighted by Crippen LogP contribution is -2.50. The van der Waals surface area contributed by atoms with Crippen LogP contribution in [0, 0.1) is 11.7 Å². The second-order valence-corrected chi connectivity index (χ2v) is 9.41. The quantitative estimate of drug-likeness (QED) is 0.433. The van der Waals surface area contributed by atoms with E-state index < -0.39 is 65.3 Å². The van der Waals surface area contributed by atoms with Gasteiger partial charge < -0.3 is 25.6 Å². The topological polar surface area (TPSA) is 172 Å². The zero-order chi connectivity index (χ0) is 26.0. The summed E-state index contributed by atoms with van der Waals surface area (Å²) in [5.41, 5.74) is 10.6. The summed E-state index contributed by atoms with van der Waals surface area (Å²) in [4.78, 5) is 41.8. The number of aromatic nitrogens is 2. The van der Waals surface area contributed by atoms with E-state index in [4.69, 9.17) is 20.9 Å². The van der Waals surface area contributed by atoms with Gasteiger partial charge in [0.15, 0.2) is 17.4 Å². The van der Waals surface area contributed by atoms with Crippen molar-refractivity contribution in [2.45, 2.75) is 57.2 Å². The summed E-state index contributed by atoms with van der Waals surface area (Å²) in [6.07, 6.45) is -1.34. The summed E-state index contributed by atoms with van der Waals surface area (Å²) in [5.74, 6) is -5.12. The molecule has 0 unspecified atom stereocenters. The van der Waals surface area contributed by atoms with E-state index in [0.717, 1.165) is 11.8 Å². The van der Waals surface area contributed by atoms with Gasteiger partial charge >= 0.3 is 11.8 Å². The normalized spacial score (nSPS) is 23.0. The minimum absolute atomic E-state index is 0.128. The average molecular weight is 492 g/mol. The number of hydrogen-bond donors (Lipinski definition) is 4. The van der Waals surface area contributed by atoms with E-state index in [0.29, 0.717) is 4.57 Å². The lowest BCUT2D eigenvalue weighted by molar-refractivity contribution is -0.131. The van der Waals surface area contributed by atoms with Gasteiger partial charge in [-0.2, -0.15) is 4.98 Å². The molecule has 0 saturated carbocycles. The van der Waals surface area contributed by atoms with Gasteiger partial charge in [-0.05, 0) is 32.8 Å². The summed E-state index contributed by atoms with van der Waals surface area (Å²) >= 11 is 0. The molecular weight excluding hydrogens is 461 g/mol. The molecule has 1 aliphatic heterocycles. The molecule has 1 amide bonds. The van der Waals surface area contributed by atoms with Crippen molar-refractivity contribution in [3.05, 3.63) is 58.4 Å². The van der Waals surface area contributed by atoms with Crippen LogP contribution in [0.25, 0.3) is 0 Å². The van der Waals surface area contributed by atoms with E-state index in [1.54, 1.807) is 45.0 Å². The highest BCUT2D eigenvalue weighted by atomic mass is 19.1. The van der Waals surface area contributed by atoms with E-state index in [1.165, 1.54) is 0 Å². The maximum absolute atomic E-state index is 14.0. The van der Waals surface area contributed by atoms with Crippen molar-refractivity contribution in [3.63, 3.8) is 0 Å². The Bertz CT molecular complexity index is 1140. The Kier molecular flexibility index (Phi) is 7.58. The van der Waals surface area contributed by atoms with Crippen LogP contribution in [0.5, 0.6) is 0 Å². The number of nitrogens with zero attached hydrogens (tertiary/aromatic N) is 2. The molecular formula is C23H30FN5O6. The van der Waals surface area contributed by atoms with Crippen molar-refractivity contribution in [2.75, 3.05) is 12.3 Å². The Hall–Kier alpha value is -3.35. The molecule has 12 heteroatoms. The highest BCUT2D eigenvalue weighted by Crippen LogP contribution is 2.36. The molecule has 0 spiro atoms. The summed E-state index contributed by atoms with van der Waals surface area (Å²) in [6.45, 7) is 4.45. The standard InChI is InChI=1S/C23H30FN5O6/c1-22(2,3)35-21(33)27-16(9-13-7-5-4-6-8-13)18(31)14-10-23(26,34-17(14)12-30)29-11-15(24)19(25)28-20(29)32/h4-8,11,14,16-17,30H,9-10,12,26H2,1-3H3,(H,27,33)(H2,25,28,32)/t14-,16-,17+,23-/m0/s1. The molecule has 35 heavy (non-hydrogen) atoms. The number of nitrogens with one attached hydrogen (secondary N) is 1. The first kappa shape index (κ1) is 26.3. The molecule has 1 aromatic heterocycles. The predicted octanol–water partition coefficient (Wildman–Crippen LogP) is 0.636. The predicted molar refractivity (Wildman–Crippen MR) is 123 cm³/mol. The molecule has 0 aliphatic carbocycles. The molecule has 2 aromatic rings. The minimum atomic E-state index is -1.98. The number of aliphatic hydroxyl groups is 1. The number of ether oxygens (including phenoxy) is 2. The molecule has 1 saturated heterocycles. The number of alkyl carbamates (subject to hydrolysis) is 1. The van der Waals surface area contributed by atoms with Crippen LogP contribution < -0.4 is 22.5 Å². The smallest absolute Gasteiger partial charge is 0.408 e. The summed E-state index contributed by atoms with van der Waals surface area (Å²) < 4.78 is 25.7. The molecule has 4 atom stereocenters. The van der Waals surface area contributed by atoms with E-state index in [1.807, 2.05) is 6.07 Å². The summed E-state index contributed by atoms with van der Waals surface area (Å²) in [5, 5.41) is 12.5. The first-order valence-corrected chi connectivity index (χ1v) is 11.0. The zero-order valence-electron chi connectivity index (χ0n) is 19.7. The van der Waals surface area contributed by atoms with Gasteiger partial charge in [0.2, 0.25) is 5.85 Å². The molecule has 2 heterocycles. The van der Waals surface area contributed by atoms with Crippen LogP contribution in [0.1, 0.15) is 32.8 Å². The molecule has 6 N–H and O–H groups in total. The number of nitrogens with two attached hydrogens (primary N) is 2. The van der Waals surface area contributed by atoms with E-state index in [-0.39, 0.29) is 12.8 Å². The number of rotatable bonds is 7. The monoisotopic (exact) mass is 491 g/mol. The van der Waals surface area contributed by atoms with Crippen molar-refractivity contribution in [1.29, 1.82) is 0 Å². The number of carbonyl (C=O) groups is 2. The largest absolute Gasteiger partial charge is 0.444 e. The Labute approximate surface area is 201 Å². The SMILES string of the molecule is CC(C)(C)OC(=O)N[C@@H](Cc1ccccc1)C(=O)[C@H]1C[C@](N)(n2cc(F)c(N)nc2=O)O[C@@H]1CO. The number of Topliss-reactive ketones (excluding diaryl/α,β-unsaturated/α-hetero) is 1. The number of benzene rings is 1. The molecule has 1 aromatic carbocycles. The van der Waals surface area contributed by atoms with Crippen molar-refractivity contribution in [2.24, 2.45) is 11.7 Å². The second kappa shape index (κ2) is 10.1. The van der Waals surface area contributed by atoms with Crippen LogP contribution >= 0.6 is 0 Å². The number of anilines is 1. The van der Waals surface area contributed by atoms with Gasteiger partial charge in [-0.1, -0.05) is 30.3 Å². The number of hydrogen-bond acceptors (Lipinski definition) is 9. The number of nitrogen functional groups attached to an aromatic ring is 1. The van der Waals surface area contributed by atoms with E-state index in [9.17, 15) is 23.9 Å². The molecule has 3 rings (SSSR count). The van der Waals surface area contributed by atoms with Gasteiger partial charge in [0, 0.05) is 6.42 Å². The Balaban J connectivity index is 1.91. The molecule has 190 valence electrons. The molecule has 0 bridgehead atoms. The van der Waals surface area contributed by atoms with Crippen LogP contribution in [-0.2, 0) is 26.5 Å². The summed E-state index contributed by atoms with van der Waals surface area (Å²) in [7, 11) is 0. The number of amides is 1. The van der Waals surface area contributed by atoms with Crippen molar-refractivity contribution in [3.8, 4) is 0 Å². The van der Waals surface area contributed by atoms with Gasteiger partial charge in [-0.15, -0.1) is 0 Å². The molecule has 0 radical (unpaired) electrons. The third-order valence-corrected chi connectivity index (χ3v) is 5.50. The highest BCUT2D eigenvalue weighted by molar-refractivity contribution is 5.90. The number of aliphatic hydroxyl groups excluding tert-OH is 1. The van der Waals surface area contributed by atoms with Crippen LogP contribution in [0.2, 0.25) is 0 Å². The van der Waals surface area contributed by atoms with E-state index >= 15 is 0 Å². The zero-order valence-corrected chi connectivity index (χ0v) is 19.7. The molecule has 1 aliphatic rings.